The zero-order valence-corrected chi connectivity index (χ0v) is 18.6. The first-order valence-electron chi connectivity index (χ1n) is 10.6. The van der Waals surface area contributed by atoms with Crippen LogP contribution in [0.15, 0.2) is 39.7 Å². The molecular formula is C22H26BrN5O2. The zero-order chi connectivity index (χ0) is 20.7. The van der Waals surface area contributed by atoms with Crippen molar-refractivity contribution in [1.29, 1.82) is 0 Å². The van der Waals surface area contributed by atoms with Gasteiger partial charge in [0.2, 0.25) is 0 Å². The van der Waals surface area contributed by atoms with Crippen molar-refractivity contribution >= 4 is 21.4 Å². The van der Waals surface area contributed by atoms with Gasteiger partial charge < -0.3 is 9.72 Å². The van der Waals surface area contributed by atoms with E-state index in [1.165, 1.54) is 5.56 Å². The van der Waals surface area contributed by atoms with Crippen molar-refractivity contribution in [2.45, 2.75) is 38.1 Å². The topological polar surface area (TPSA) is 75.5 Å². The minimum Gasteiger partial charge on any atom is -0.381 e. The number of hydrogen-bond acceptors (Lipinski definition) is 5. The van der Waals surface area contributed by atoms with Crippen molar-refractivity contribution in [2.75, 3.05) is 26.3 Å². The molecule has 2 aliphatic rings. The monoisotopic (exact) mass is 471 g/mol. The first kappa shape index (κ1) is 19.9. The lowest BCUT2D eigenvalue weighted by molar-refractivity contribution is 0.0832. The molecule has 4 heterocycles. The molecular weight excluding hydrogens is 446 g/mol. The van der Waals surface area contributed by atoms with Gasteiger partial charge >= 0.3 is 0 Å². The van der Waals surface area contributed by atoms with E-state index in [2.05, 4.69) is 62.0 Å². The van der Waals surface area contributed by atoms with Gasteiger partial charge in [0, 0.05) is 49.2 Å². The Kier molecular flexibility index (Phi) is 5.47. The summed E-state index contributed by atoms with van der Waals surface area (Å²) in [6.45, 7) is 6.48. The highest BCUT2D eigenvalue weighted by atomic mass is 79.9. The number of fused-ring (bicyclic) bond motifs is 1. The number of ether oxygens (including phenoxy) is 1. The molecule has 2 saturated heterocycles. The van der Waals surface area contributed by atoms with Crippen LogP contribution in [0, 0.1) is 5.92 Å². The van der Waals surface area contributed by atoms with Crippen LogP contribution in [0.25, 0.3) is 5.52 Å². The molecule has 1 aromatic carbocycles. The summed E-state index contributed by atoms with van der Waals surface area (Å²) < 4.78 is 8.36. The third kappa shape index (κ3) is 3.84. The fraction of sp³-hybridized carbons (Fsp3) is 0.500. The van der Waals surface area contributed by atoms with Gasteiger partial charge in [-0.1, -0.05) is 35.0 Å². The number of hydrogen-bond donors (Lipinski definition) is 1. The minimum absolute atomic E-state index is 0.107. The van der Waals surface area contributed by atoms with Crippen LogP contribution in [0.1, 0.15) is 48.8 Å². The average molecular weight is 472 g/mol. The van der Waals surface area contributed by atoms with E-state index in [-0.39, 0.29) is 11.5 Å². The maximum absolute atomic E-state index is 12.8. The van der Waals surface area contributed by atoms with Crippen LogP contribution < -0.4 is 5.56 Å². The summed E-state index contributed by atoms with van der Waals surface area (Å²) in [5.41, 5.74) is 1.71. The Morgan fingerprint density at radius 2 is 1.97 bits per heavy atom. The first-order chi connectivity index (χ1) is 14.6. The summed E-state index contributed by atoms with van der Waals surface area (Å²) in [5.74, 6) is 2.56. The molecule has 0 bridgehead atoms. The summed E-state index contributed by atoms with van der Waals surface area (Å²) in [6.07, 6.45) is 3.49. The van der Waals surface area contributed by atoms with Gasteiger partial charge in [-0.05, 0) is 36.5 Å². The normalized spacial score (nSPS) is 23.4. The van der Waals surface area contributed by atoms with Crippen molar-refractivity contribution < 1.29 is 4.74 Å². The van der Waals surface area contributed by atoms with Gasteiger partial charge in [-0.2, -0.15) is 5.10 Å². The van der Waals surface area contributed by atoms with Gasteiger partial charge in [-0.15, -0.1) is 0 Å². The highest BCUT2D eigenvalue weighted by Gasteiger charge is 2.33. The highest BCUT2D eigenvalue weighted by molar-refractivity contribution is 9.10. The number of benzene rings is 1. The molecule has 5 rings (SSSR count). The van der Waals surface area contributed by atoms with E-state index >= 15 is 0 Å². The number of likely N-dealkylation sites (tertiary alicyclic amines) is 1. The zero-order valence-electron chi connectivity index (χ0n) is 17.1. The van der Waals surface area contributed by atoms with Crippen molar-refractivity contribution in [2.24, 2.45) is 5.92 Å². The molecule has 30 heavy (non-hydrogen) atoms. The van der Waals surface area contributed by atoms with Crippen LogP contribution in [-0.2, 0) is 11.3 Å². The molecule has 2 atom stereocenters. The molecule has 0 saturated carbocycles. The summed E-state index contributed by atoms with van der Waals surface area (Å²) in [7, 11) is 0. The van der Waals surface area contributed by atoms with Gasteiger partial charge in [-0.25, -0.2) is 9.50 Å². The first-order valence-corrected chi connectivity index (χ1v) is 11.4. The quantitative estimate of drug-likeness (QED) is 0.631. The molecule has 0 amide bonds. The standard InChI is InChI=1S/C22H26BrN5O2/c1-14-11-27(12-15-2-4-17(23)5-3-15)13-18(14)20-25-22(29)19-10-24-21(28(19)26-20)16-6-8-30-9-7-16/h2-5,10,14,16,18H,6-9,11-13H2,1H3,(H,25,26,29). The summed E-state index contributed by atoms with van der Waals surface area (Å²) in [5, 5.41) is 4.88. The lowest BCUT2D eigenvalue weighted by Crippen LogP contribution is -2.24. The molecule has 3 aromatic rings. The number of halogens is 1. The molecule has 158 valence electrons. The lowest BCUT2D eigenvalue weighted by Gasteiger charge is -2.21. The maximum Gasteiger partial charge on any atom is 0.276 e. The number of aromatic nitrogens is 4. The molecule has 8 heteroatoms. The fourth-order valence-corrected chi connectivity index (χ4v) is 5.00. The van der Waals surface area contributed by atoms with Crippen molar-refractivity contribution in [1.82, 2.24) is 24.5 Å². The summed E-state index contributed by atoms with van der Waals surface area (Å²) in [6, 6.07) is 8.46. The van der Waals surface area contributed by atoms with E-state index in [1.807, 2.05) is 0 Å². The Morgan fingerprint density at radius 3 is 2.73 bits per heavy atom. The Balaban J connectivity index is 1.41. The fourth-order valence-electron chi connectivity index (χ4n) is 4.73. The van der Waals surface area contributed by atoms with E-state index in [0.29, 0.717) is 17.4 Å². The Labute approximate surface area is 183 Å². The molecule has 2 aliphatic heterocycles. The summed E-state index contributed by atoms with van der Waals surface area (Å²) >= 11 is 3.50. The number of H-pyrrole nitrogens is 1. The second kappa shape index (κ2) is 8.24. The predicted molar refractivity (Wildman–Crippen MR) is 118 cm³/mol. The Morgan fingerprint density at radius 1 is 1.20 bits per heavy atom. The van der Waals surface area contributed by atoms with Crippen molar-refractivity contribution in [3.05, 3.63) is 62.5 Å². The molecule has 2 aromatic heterocycles. The van der Waals surface area contributed by atoms with Crippen LogP contribution >= 0.6 is 15.9 Å². The van der Waals surface area contributed by atoms with Crippen LogP contribution in [-0.4, -0.2) is 50.8 Å². The van der Waals surface area contributed by atoms with Crippen LogP contribution in [0.2, 0.25) is 0 Å². The highest BCUT2D eigenvalue weighted by Crippen LogP contribution is 2.32. The molecule has 2 unspecified atom stereocenters. The van der Waals surface area contributed by atoms with Gasteiger partial charge in [0.1, 0.15) is 11.6 Å². The Hall–Kier alpha value is -2.03. The number of nitrogens with one attached hydrogen (secondary N) is 1. The van der Waals surface area contributed by atoms with Crippen LogP contribution in [0.5, 0.6) is 0 Å². The molecule has 1 N–H and O–H groups in total. The van der Waals surface area contributed by atoms with Crippen molar-refractivity contribution in [3.63, 3.8) is 0 Å². The van der Waals surface area contributed by atoms with Crippen LogP contribution in [0.3, 0.4) is 0 Å². The third-order valence-electron chi connectivity index (χ3n) is 6.39. The van der Waals surface area contributed by atoms with E-state index < -0.39 is 0 Å². The Bertz CT molecular complexity index is 1090. The average Bonchev–Trinajstić information content (AvgIpc) is 3.34. The smallest absolute Gasteiger partial charge is 0.276 e. The molecule has 0 radical (unpaired) electrons. The number of nitrogens with zero attached hydrogens (tertiary/aromatic N) is 4. The second-order valence-corrected chi connectivity index (χ2v) is 9.46. The third-order valence-corrected chi connectivity index (χ3v) is 6.92. The van der Waals surface area contributed by atoms with Crippen molar-refractivity contribution in [3.8, 4) is 0 Å². The van der Waals surface area contributed by atoms with Gasteiger partial charge in [0.25, 0.3) is 5.56 Å². The number of aromatic amines is 1. The molecule has 0 spiro atoms. The maximum atomic E-state index is 12.8. The van der Waals surface area contributed by atoms with E-state index in [4.69, 9.17) is 9.84 Å². The number of imidazole rings is 1. The van der Waals surface area contributed by atoms with Crippen LogP contribution in [0.4, 0.5) is 0 Å². The molecule has 7 nitrogen and oxygen atoms in total. The minimum atomic E-state index is -0.107. The van der Waals surface area contributed by atoms with E-state index in [1.54, 1.807) is 10.7 Å². The van der Waals surface area contributed by atoms with Gasteiger partial charge in [0.15, 0.2) is 5.52 Å². The largest absolute Gasteiger partial charge is 0.381 e. The van der Waals surface area contributed by atoms with Gasteiger partial charge in [-0.3, -0.25) is 9.69 Å². The van der Waals surface area contributed by atoms with Gasteiger partial charge in [0.05, 0.1) is 6.20 Å². The van der Waals surface area contributed by atoms with E-state index in [0.717, 1.165) is 61.8 Å². The van der Waals surface area contributed by atoms with E-state index in [9.17, 15) is 4.79 Å². The molecule has 0 aliphatic carbocycles. The summed E-state index contributed by atoms with van der Waals surface area (Å²) in [4.78, 5) is 22.8. The predicted octanol–water partition coefficient (Wildman–Crippen LogP) is 3.31. The number of rotatable bonds is 4. The SMILES string of the molecule is CC1CN(Cc2ccc(Br)cc2)CC1c1nn2c(C3CCOCC3)ncc2c(=O)[nH]1. The second-order valence-electron chi connectivity index (χ2n) is 8.54. The molecule has 2 fully saturated rings. The lowest BCUT2D eigenvalue weighted by atomic mass is 9.97.